The number of ether oxygens (including phenoxy) is 1. The van der Waals surface area contributed by atoms with E-state index >= 15 is 0 Å². The van der Waals surface area contributed by atoms with Gasteiger partial charge in [-0.15, -0.1) is 0 Å². The second kappa shape index (κ2) is 5.75. The summed E-state index contributed by atoms with van der Waals surface area (Å²) in [5.41, 5.74) is 5.71. The lowest BCUT2D eigenvalue weighted by molar-refractivity contribution is 0.414. The molecule has 8 nitrogen and oxygen atoms in total. The molecule has 0 saturated carbocycles. The normalized spacial score (nSPS) is 10.5. The highest BCUT2D eigenvalue weighted by molar-refractivity contribution is 7.99. The second-order valence-electron chi connectivity index (χ2n) is 3.89. The van der Waals surface area contributed by atoms with Gasteiger partial charge < -0.3 is 10.5 Å². The first-order valence-electron chi connectivity index (χ1n) is 5.93. The molecule has 9 heteroatoms. The van der Waals surface area contributed by atoms with Gasteiger partial charge in [-0.25, -0.2) is 4.98 Å². The highest BCUT2D eigenvalue weighted by atomic mass is 32.2. The topological polar surface area (TPSA) is 105 Å². The van der Waals surface area contributed by atoms with Crippen LogP contribution >= 0.6 is 11.8 Å². The maximum atomic E-state index is 5.71. The lowest BCUT2D eigenvalue weighted by Gasteiger charge is -2.05. The standard InChI is InChI=1S/C12H11N7OS/c1-20-8-2-4-9(5-3-8)21-12-17-10(13)16-11(18-12)19-7-14-6-15-19/h2-7H,1H3,(H2,13,16,17,18). The smallest absolute Gasteiger partial charge is 0.257 e. The first kappa shape index (κ1) is 13.3. The Bertz CT molecular complexity index is 730. The maximum Gasteiger partial charge on any atom is 0.257 e. The van der Waals surface area contributed by atoms with Crippen LogP contribution in [0.2, 0.25) is 0 Å². The largest absolute Gasteiger partial charge is 0.497 e. The third-order valence-electron chi connectivity index (χ3n) is 2.51. The SMILES string of the molecule is COc1ccc(Sc2nc(N)nc(-n3cncn3)n2)cc1. The first-order chi connectivity index (χ1) is 10.2. The van der Waals surface area contributed by atoms with Crippen LogP contribution in [0.5, 0.6) is 5.75 Å². The molecule has 0 spiro atoms. The molecule has 0 radical (unpaired) electrons. The van der Waals surface area contributed by atoms with Crippen LogP contribution in [0, 0.1) is 0 Å². The molecule has 2 heterocycles. The molecule has 3 rings (SSSR count). The Kier molecular flexibility index (Phi) is 3.65. The van der Waals surface area contributed by atoms with Crippen molar-refractivity contribution in [2.75, 3.05) is 12.8 Å². The third kappa shape index (κ3) is 3.08. The zero-order chi connectivity index (χ0) is 14.7. The molecular formula is C12H11N7OS. The first-order valence-corrected chi connectivity index (χ1v) is 6.75. The summed E-state index contributed by atoms with van der Waals surface area (Å²) in [6.45, 7) is 0. The van der Waals surface area contributed by atoms with E-state index < -0.39 is 0 Å². The molecule has 0 unspecified atom stereocenters. The summed E-state index contributed by atoms with van der Waals surface area (Å²) in [7, 11) is 1.62. The molecule has 1 aromatic carbocycles. The predicted octanol–water partition coefficient (Wildman–Crippen LogP) is 1.19. The molecule has 2 N–H and O–H groups in total. The van der Waals surface area contributed by atoms with Crippen LogP contribution in [0.15, 0.2) is 47.0 Å². The van der Waals surface area contributed by atoms with Gasteiger partial charge in [0.05, 0.1) is 7.11 Å². The Labute approximate surface area is 124 Å². The van der Waals surface area contributed by atoms with Crippen molar-refractivity contribution < 1.29 is 4.74 Å². The summed E-state index contributed by atoms with van der Waals surface area (Å²) in [6.07, 6.45) is 2.90. The summed E-state index contributed by atoms with van der Waals surface area (Å²) in [6, 6.07) is 7.56. The van der Waals surface area contributed by atoms with E-state index in [0.29, 0.717) is 11.1 Å². The predicted molar refractivity (Wildman–Crippen MR) is 76.3 cm³/mol. The van der Waals surface area contributed by atoms with E-state index in [1.165, 1.54) is 29.1 Å². The minimum Gasteiger partial charge on any atom is -0.497 e. The molecule has 0 saturated heterocycles. The van der Waals surface area contributed by atoms with Crippen LogP contribution in [0.4, 0.5) is 5.95 Å². The van der Waals surface area contributed by atoms with Crippen LogP contribution in [0.25, 0.3) is 5.95 Å². The molecule has 0 atom stereocenters. The van der Waals surface area contributed by atoms with Gasteiger partial charge in [-0.3, -0.25) is 0 Å². The molecule has 106 valence electrons. The van der Waals surface area contributed by atoms with Gasteiger partial charge in [-0.05, 0) is 36.0 Å². The van der Waals surface area contributed by atoms with Crippen molar-refractivity contribution in [3.05, 3.63) is 36.9 Å². The fourth-order valence-corrected chi connectivity index (χ4v) is 2.32. The van der Waals surface area contributed by atoms with Gasteiger partial charge in [0.1, 0.15) is 18.4 Å². The molecule has 2 aromatic heterocycles. The van der Waals surface area contributed by atoms with Gasteiger partial charge in [0.2, 0.25) is 5.95 Å². The minimum atomic E-state index is 0.131. The van der Waals surface area contributed by atoms with Crippen molar-refractivity contribution in [2.24, 2.45) is 0 Å². The number of anilines is 1. The molecule has 0 aliphatic heterocycles. The Balaban J connectivity index is 1.88. The average molecular weight is 301 g/mol. The Morgan fingerprint density at radius 1 is 1.14 bits per heavy atom. The monoisotopic (exact) mass is 301 g/mol. The van der Waals surface area contributed by atoms with Gasteiger partial charge >= 0.3 is 0 Å². The molecule has 0 aliphatic carbocycles. The number of nitrogens with zero attached hydrogens (tertiary/aromatic N) is 6. The quantitative estimate of drug-likeness (QED) is 0.766. The van der Waals surface area contributed by atoms with E-state index in [4.69, 9.17) is 10.5 Å². The van der Waals surface area contributed by atoms with E-state index in [1.54, 1.807) is 7.11 Å². The summed E-state index contributed by atoms with van der Waals surface area (Å²) in [5.74, 6) is 1.25. The van der Waals surface area contributed by atoms with Crippen LogP contribution in [-0.4, -0.2) is 36.8 Å². The van der Waals surface area contributed by atoms with Crippen LogP contribution in [-0.2, 0) is 0 Å². The van der Waals surface area contributed by atoms with E-state index in [2.05, 4.69) is 25.0 Å². The number of nitrogen functional groups attached to an aromatic ring is 1. The van der Waals surface area contributed by atoms with Gasteiger partial charge in [0.25, 0.3) is 5.95 Å². The Morgan fingerprint density at radius 3 is 2.62 bits per heavy atom. The van der Waals surface area contributed by atoms with Crippen LogP contribution < -0.4 is 10.5 Å². The van der Waals surface area contributed by atoms with Crippen molar-refractivity contribution in [3.63, 3.8) is 0 Å². The molecule has 0 amide bonds. The Hall–Kier alpha value is -2.68. The third-order valence-corrected chi connectivity index (χ3v) is 3.39. The van der Waals surface area contributed by atoms with E-state index in [0.717, 1.165) is 10.6 Å². The maximum absolute atomic E-state index is 5.71. The van der Waals surface area contributed by atoms with Crippen molar-refractivity contribution in [2.45, 2.75) is 10.1 Å². The number of methoxy groups -OCH3 is 1. The van der Waals surface area contributed by atoms with Crippen molar-refractivity contribution >= 4 is 17.7 Å². The number of hydrogen-bond donors (Lipinski definition) is 1. The van der Waals surface area contributed by atoms with Crippen molar-refractivity contribution in [1.82, 2.24) is 29.7 Å². The highest BCUT2D eigenvalue weighted by Gasteiger charge is 2.08. The number of nitrogens with two attached hydrogens (primary N) is 1. The number of hydrogen-bond acceptors (Lipinski definition) is 8. The van der Waals surface area contributed by atoms with E-state index in [1.807, 2.05) is 24.3 Å². The molecule has 0 fully saturated rings. The summed E-state index contributed by atoms with van der Waals surface area (Å²) >= 11 is 1.37. The fourth-order valence-electron chi connectivity index (χ4n) is 1.57. The lowest BCUT2D eigenvalue weighted by atomic mass is 10.3. The van der Waals surface area contributed by atoms with Crippen LogP contribution in [0.1, 0.15) is 0 Å². The van der Waals surface area contributed by atoms with Gasteiger partial charge in [-0.2, -0.15) is 24.7 Å². The number of aromatic nitrogens is 6. The lowest BCUT2D eigenvalue weighted by Crippen LogP contribution is -2.07. The number of rotatable bonds is 4. The van der Waals surface area contributed by atoms with Crippen molar-refractivity contribution in [3.8, 4) is 11.7 Å². The molecule has 3 aromatic rings. The molecular weight excluding hydrogens is 290 g/mol. The second-order valence-corrected chi connectivity index (χ2v) is 4.93. The zero-order valence-electron chi connectivity index (χ0n) is 11.0. The van der Waals surface area contributed by atoms with E-state index in [9.17, 15) is 0 Å². The summed E-state index contributed by atoms with van der Waals surface area (Å²) < 4.78 is 6.54. The van der Waals surface area contributed by atoms with Crippen molar-refractivity contribution in [1.29, 1.82) is 0 Å². The van der Waals surface area contributed by atoms with Crippen LogP contribution in [0.3, 0.4) is 0 Å². The Morgan fingerprint density at radius 2 is 1.95 bits per heavy atom. The average Bonchev–Trinajstić information content (AvgIpc) is 3.02. The zero-order valence-corrected chi connectivity index (χ0v) is 11.9. The molecule has 21 heavy (non-hydrogen) atoms. The summed E-state index contributed by atoms with van der Waals surface area (Å²) in [4.78, 5) is 17.3. The van der Waals surface area contributed by atoms with Gasteiger partial charge in [0, 0.05) is 4.90 Å². The fraction of sp³-hybridized carbons (Fsp3) is 0.0833. The minimum absolute atomic E-state index is 0.131. The highest BCUT2D eigenvalue weighted by Crippen LogP contribution is 2.26. The number of benzene rings is 1. The summed E-state index contributed by atoms with van der Waals surface area (Å²) in [5, 5.41) is 4.45. The van der Waals surface area contributed by atoms with Gasteiger partial charge in [-0.1, -0.05) is 0 Å². The van der Waals surface area contributed by atoms with E-state index in [-0.39, 0.29) is 5.95 Å². The molecule has 0 aliphatic rings. The van der Waals surface area contributed by atoms with Gasteiger partial charge in [0.15, 0.2) is 5.16 Å². The molecule has 0 bridgehead atoms.